The van der Waals surface area contributed by atoms with Gasteiger partial charge in [0.1, 0.15) is 17.4 Å². The summed E-state index contributed by atoms with van der Waals surface area (Å²) in [5.41, 5.74) is 3.26. The maximum Gasteiger partial charge on any atom is 0.144 e. The fourth-order valence-electron chi connectivity index (χ4n) is 3.49. The maximum atomic E-state index is 13.3. The molecule has 1 aliphatic heterocycles. The molecule has 2 aromatic heterocycles. The number of H-pyrrole nitrogens is 1. The zero-order valence-electron chi connectivity index (χ0n) is 14.9. The number of pyridine rings is 1. The molecule has 6 heteroatoms. The summed E-state index contributed by atoms with van der Waals surface area (Å²) < 4.78 is 13.3. The quantitative estimate of drug-likeness (QED) is 0.728. The Morgan fingerprint density at radius 2 is 1.89 bits per heavy atom. The van der Waals surface area contributed by atoms with E-state index >= 15 is 0 Å². The van der Waals surface area contributed by atoms with E-state index in [9.17, 15) is 9.18 Å². The monoisotopic (exact) mass is 364 g/mol. The Balaban J connectivity index is 1.67. The van der Waals surface area contributed by atoms with E-state index in [0.717, 1.165) is 42.8 Å². The van der Waals surface area contributed by atoms with Crippen LogP contribution in [-0.2, 0) is 11.2 Å². The van der Waals surface area contributed by atoms with Crippen LogP contribution >= 0.6 is 0 Å². The highest BCUT2D eigenvalue weighted by Crippen LogP contribution is 2.30. The summed E-state index contributed by atoms with van der Waals surface area (Å²) in [7, 11) is 0. The van der Waals surface area contributed by atoms with Gasteiger partial charge in [-0.3, -0.25) is 9.78 Å². The van der Waals surface area contributed by atoms with Crippen LogP contribution in [0.4, 0.5) is 4.39 Å². The average Bonchev–Trinajstić information content (AvgIpc) is 3.13. The Hall–Kier alpha value is -2.86. The molecule has 0 saturated carbocycles. The molecule has 0 radical (unpaired) electrons. The molecule has 1 atom stereocenters. The first-order chi connectivity index (χ1) is 13.2. The average molecular weight is 364 g/mol. The third-order valence-electron chi connectivity index (χ3n) is 4.93. The van der Waals surface area contributed by atoms with Crippen LogP contribution < -0.4 is 5.32 Å². The van der Waals surface area contributed by atoms with Crippen LogP contribution in [0, 0.1) is 11.7 Å². The molecule has 3 heterocycles. The summed E-state index contributed by atoms with van der Waals surface area (Å²) in [5.74, 6) is 0.585. The number of hydrogen-bond donors (Lipinski definition) is 2. The maximum absolute atomic E-state index is 13.3. The lowest BCUT2D eigenvalue weighted by atomic mass is 9.93. The zero-order chi connectivity index (χ0) is 18.6. The van der Waals surface area contributed by atoms with Crippen LogP contribution in [0.25, 0.3) is 22.5 Å². The van der Waals surface area contributed by atoms with Gasteiger partial charge in [-0.1, -0.05) is 0 Å². The largest absolute Gasteiger partial charge is 0.341 e. The molecule has 138 valence electrons. The molecule has 1 unspecified atom stereocenters. The normalized spacial score (nSPS) is 17.0. The molecule has 1 aliphatic rings. The second-order valence-corrected chi connectivity index (χ2v) is 6.84. The number of nitrogens with one attached hydrogen (secondary N) is 2. The van der Waals surface area contributed by atoms with E-state index in [4.69, 9.17) is 0 Å². The number of imidazole rings is 1. The van der Waals surface area contributed by atoms with E-state index < -0.39 is 0 Å². The lowest BCUT2D eigenvalue weighted by Gasteiger charge is -2.20. The van der Waals surface area contributed by atoms with Gasteiger partial charge in [-0.15, -0.1) is 0 Å². The van der Waals surface area contributed by atoms with Gasteiger partial charge in [-0.05, 0) is 55.8 Å². The van der Waals surface area contributed by atoms with Crippen molar-refractivity contribution in [3.05, 3.63) is 60.4 Å². The summed E-state index contributed by atoms with van der Waals surface area (Å²) in [5, 5.41) is 3.28. The van der Waals surface area contributed by atoms with Crippen molar-refractivity contribution in [3.63, 3.8) is 0 Å². The second kappa shape index (κ2) is 7.80. The molecule has 5 nitrogen and oxygen atoms in total. The number of Topliss-reactive ketones (excluding diaryl/α,β-unsaturated/α-hetero) is 1. The third kappa shape index (κ3) is 3.95. The fourth-order valence-corrected chi connectivity index (χ4v) is 3.49. The minimum atomic E-state index is -0.292. The molecule has 27 heavy (non-hydrogen) atoms. The number of rotatable bonds is 5. The first kappa shape index (κ1) is 17.5. The summed E-state index contributed by atoms with van der Waals surface area (Å²) in [6.07, 6.45) is 5.64. The molecule has 0 aliphatic carbocycles. The molecule has 1 fully saturated rings. The van der Waals surface area contributed by atoms with Gasteiger partial charge in [0.2, 0.25) is 0 Å². The van der Waals surface area contributed by atoms with Crippen molar-refractivity contribution in [2.24, 2.45) is 5.92 Å². The molecule has 0 amide bonds. The first-order valence-corrected chi connectivity index (χ1v) is 9.19. The van der Waals surface area contributed by atoms with E-state index in [1.165, 1.54) is 12.1 Å². The standard InChI is InChI=1S/C21H21FN4O/c22-17-5-3-14(4-6-17)20-21(15-7-10-23-11-8-15)26-19(25-20)12-18(27)16-2-1-9-24-13-16/h3-8,10-11,16,24H,1-2,9,12-13H2,(H,25,26). The lowest BCUT2D eigenvalue weighted by Crippen LogP contribution is -2.35. The van der Waals surface area contributed by atoms with Crippen LogP contribution in [0.5, 0.6) is 0 Å². The molecule has 2 N–H and O–H groups in total. The highest BCUT2D eigenvalue weighted by atomic mass is 19.1. The SMILES string of the molecule is O=C(Cc1nc(-c2ccc(F)cc2)c(-c2ccncc2)[nH]1)C1CCCNC1. The van der Waals surface area contributed by atoms with Gasteiger partial charge in [0.25, 0.3) is 0 Å². The zero-order valence-corrected chi connectivity index (χ0v) is 14.9. The Kier molecular flexibility index (Phi) is 5.07. The van der Waals surface area contributed by atoms with Crippen molar-refractivity contribution >= 4 is 5.78 Å². The van der Waals surface area contributed by atoms with E-state index in [1.807, 2.05) is 12.1 Å². The number of piperidine rings is 1. The summed E-state index contributed by atoms with van der Waals surface area (Å²) in [6, 6.07) is 10.0. The van der Waals surface area contributed by atoms with Gasteiger partial charge in [-0.2, -0.15) is 0 Å². The van der Waals surface area contributed by atoms with Crippen molar-refractivity contribution in [3.8, 4) is 22.5 Å². The van der Waals surface area contributed by atoms with Crippen LogP contribution in [0.15, 0.2) is 48.8 Å². The highest BCUT2D eigenvalue weighted by molar-refractivity contribution is 5.84. The van der Waals surface area contributed by atoms with Gasteiger partial charge >= 0.3 is 0 Å². The number of hydrogen-bond acceptors (Lipinski definition) is 4. The molecular formula is C21H21FN4O. The van der Waals surface area contributed by atoms with E-state index in [0.29, 0.717) is 11.5 Å². The predicted molar refractivity (Wildman–Crippen MR) is 102 cm³/mol. The number of ketones is 1. The molecule has 0 spiro atoms. The number of aromatic nitrogens is 3. The summed E-state index contributed by atoms with van der Waals surface area (Å²) in [4.78, 5) is 24.7. The Morgan fingerprint density at radius 1 is 1.11 bits per heavy atom. The summed E-state index contributed by atoms with van der Waals surface area (Å²) >= 11 is 0. The van der Waals surface area contributed by atoms with Gasteiger partial charge in [0.05, 0.1) is 17.8 Å². The molecule has 4 rings (SSSR count). The van der Waals surface area contributed by atoms with Crippen molar-refractivity contribution in [2.45, 2.75) is 19.3 Å². The summed E-state index contributed by atoms with van der Waals surface area (Å²) in [6.45, 7) is 1.72. The van der Waals surface area contributed by atoms with Gasteiger partial charge in [0, 0.05) is 36.0 Å². The number of benzene rings is 1. The number of halogens is 1. The smallest absolute Gasteiger partial charge is 0.144 e. The number of carbonyl (C=O) groups excluding carboxylic acids is 1. The Bertz CT molecular complexity index is 915. The number of aromatic amines is 1. The van der Waals surface area contributed by atoms with Gasteiger partial charge < -0.3 is 10.3 Å². The van der Waals surface area contributed by atoms with Crippen molar-refractivity contribution in [1.82, 2.24) is 20.3 Å². The number of nitrogens with zero attached hydrogens (tertiary/aromatic N) is 2. The van der Waals surface area contributed by atoms with Gasteiger partial charge in [-0.25, -0.2) is 9.37 Å². The van der Waals surface area contributed by atoms with Crippen molar-refractivity contribution in [1.29, 1.82) is 0 Å². The van der Waals surface area contributed by atoms with E-state index in [-0.39, 0.29) is 23.9 Å². The van der Waals surface area contributed by atoms with E-state index in [1.54, 1.807) is 24.5 Å². The predicted octanol–water partition coefficient (Wildman–Crippen LogP) is 3.39. The van der Waals surface area contributed by atoms with Crippen LogP contribution in [0.2, 0.25) is 0 Å². The first-order valence-electron chi connectivity index (χ1n) is 9.19. The third-order valence-corrected chi connectivity index (χ3v) is 4.93. The van der Waals surface area contributed by atoms with Gasteiger partial charge in [0.15, 0.2) is 0 Å². The fraction of sp³-hybridized carbons (Fsp3) is 0.286. The molecule has 0 bridgehead atoms. The minimum Gasteiger partial charge on any atom is -0.341 e. The number of carbonyl (C=O) groups is 1. The Labute approximate surface area is 157 Å². The topological polar surface area (TPSA) is 70.7 Å². The molecular weight excluding hydrogens is 343 g/mol. The van der Waals surface area contributed by atoms with Crippen molar-refractivity contribution in [2.75, 3.05) is 13.1 Å². The van der Waals surface area contributed by atoms with Crippen LogP contribution in [0.3, 0.4) is 0 Å². The van der Waals surface area contributed by atoms with E-state index in [2.05, 4.69) is 20.3 Å². The minimum absolute atomic E-state index is 0.0440. The molecule has 3 aromatic rings. The van der Waals surface area contributed by atoms with Crippen LogP contribution in [-0.4, -0.2) is 33.8 Å². The van der Waals surface area contributed by atoms with Crippen LogP contribution in [0.1, 0.15) is 18.7 Å². The Morgan fingerprint density at radius 3 is 2.59 bits per heavy atom. The molecule has 1 saturated heterocycles. The highest BCUT2D eigenvalue weighted by Gasteiger charge is 2.23. The molecule has 1 aromatic carbocycles. The lowest BCUT2D eigenvalue weighted by molar-refractivity contribution is -0.122. The van der Waals surface area contributed by atoms with Crippen molar-refractivity contribution < 1.29 is 9.18 Å². The second-order valence-electron chi connectivity index (χ2n) is 6.84.